The van der Waals surface area contributed by atoms with Crippen molar-refractivity contribution < 1.29 is 18.4 Å². The Balaban J connectivity index is 2.97. The molecule has 0 saturated carbocycles. The summed E-state index contributed by atoms with van der Waals surface area (Å²) in [5.74, 6) is 0.721. The third-order valence-electron chi connectivity index (χ3n) is 1.81. The first kappa shape index (κ1) is 11.5. The van der Waals surface area contributed by atoms with Crippen molar-refractivity contribution in [1.29, 1.82) is 0 Å². The van der Waals surface area contributed by atoms with Gasteiger partial charge in [0.2, 0.25) is 0 Å². The van der Waals surface area contributed by atoms with Gasteiger partial charge in [0.05, 0.1) is 7.11 Å². The predicted molar refractivity (Wildman–Crippen MR) is 56.2 cm³/mol. The maximum atomic E-state index is 10.5. The second kappa shape index (κ2) is 5.31. The van der Waals surface area contributed by atoms with Gasteiger partial charge in [0.15, 0.2) is 11.5 Å². The molecule has 0 atom stereocenters. The van der Waals surface area contributed by atoms with E-state index in [0.717, 1.165) is 5.56 Å². The van der Waals surface area contributed by atoms with Gasteiger partial charge in [-0.2, -0.15) is 0 Å². The molecule has 0 aliphatic carbocycles. The monoisotopic (exact) mass is 224 g/mol. The summed E-state index contributed by atoms with van der Waals surface area (Å²) in [5.41, 5.74) is 1.01. The highest BCUT2D eigenvalue weighted by atomic mass is 28.3. The maximum absolute atomic E-state index is 10.5. The third kappa shape index (κ3) is 3.21. The fourth-order valence-electron chi connectivity index (χ4n) is 1.18. The molecular formula is C10H12O4Si. The second-order valence-corrected chi connectivity index (χ2v) is 3.58. The van der Waals surface area contributed by atoms with Crippen LogP contribution in [0.15, 0.2) is 30.9 Å². The maximum Gasteiger partial charge on any atom is 0.770 e. The molecule has 80 valence electrons. The summed E-state index contributed by atoms with van der Waals surface area (Å²) in [4.78, 5) is 8.65. The van der Waals surface area contributed by atoms with Crippen LogP contribution in [-0.2, 0) is 10.9 Å². The van der Waals surface area contributed by atoms with Gasteiger partial charge in [-0.1, -0.05) is 12.1 Å². The summed E-state index contributed by atoms with van der Waals surface area (Å²) < 4.78 is 20.3. The molecule has 0 bridgehead atoms. The van der Waals surface area contributed by atoms with E-state index in [1.807, 2.05) is 0 Å². The van der Waals surface area contributed by atoms with E-state index in [2.05, 4.69) is 6.58 Å². The zero-order valence-corrected chi connectivity index (χ0v) is 9.40. The van der Waals surface area contributed by atoms with Crippen LogP contribution >= 0.6 is 0 Å². The van der Waals surface area contributed by atoms with Gasteiger partial charge in [-0.3, -0.25) is 4.46 Å². The molecule has 0 unspecified atom stereocenters. The Morgan fingerprint density at radius 3 is 2.80 bits per heavy atom. The topological polar surface area (TPSA) is 55.8 Å². The quantitative estimate of drug-likeness (QED) is 0.603. The van der Waals surface area contributed by atoms with Gasteiger partial charge in [-0.25, -0.2) is 0 Å². The van der Waals surface area contributed by atoms with Gasteiger partial charge in [0.25, 0.3) is 0 Å². The SMILES string of the molecule is C=CCc1ccc(O[Si](=O)O)c(OC)c1. The lowest BCUT2D eigenvalue weighted by molar-refractivity contribution is 0.323. The minimum atomic E-state index is -2.99. The lowest BCUT2D eigenvalue weighted by Crippen LogP contribution is -2.09. The average Bonchev–Trinajstić information content (AvgIpc) is 2.20. The van der Waals surface area contributed by atoms with E-state index in [0.29, 0.717) is 12.2 Å². The van der Waals surface area contributed by atoms with E-state index in [1.54, 1.807) is 24.3 Å². The highest BCUT2D eigenvalue weighted by Gasteiger charge is 2.11. The lowest BCUT2D eigenvalue weighted by atomic mass is 10.1. The summed E-state index contributed by atoms with van der Waals surface area (Å²) >= 11 is 0. The molecule has 1 rings (SSSR count). The standard InChI is InChI=1S/C10H12O4Si/c1-3-4-8-5-6-9(14-15(11)12)10(7-8)13-2/h3,5-7,11H,1,4H2,2H3. The van der Waals surface area contributed by atoms with Crippen LogP contribution in [0.2, 0.25) is 0 Å². The zero-order valence-electron chi connectivity index (χ0n) is 8.40. The molecular weight excluding hydrogens is 212 g/mol. The van der Waals surface area contributed by atoms with Crippen molar-refractivity contribution >= 4 is 9.17 Å². The van der Waals surface area contributed by atoms with E-state index in [1.165, 1.54) is 7.11 Å². The molecule has 0 spiro atoms. The van der Waals surface area contributed by atoms with Gasteiger partial charge in [-0.15, -0.1) is 6.58 Å². The molecule has 15 heavy (non-hydrogen) atoms. The van der Waals surface area contributed by atoms with Crippen molar-refractivity contribution in [3.63, 3.8) is 0 Å². The molecule has 1 aromatic carbocycles. The number of methoxy groups -OCH3 is 1. The van der Waals surface area contributed by atoms with Gasteiger partial charge < -0.3 is 14.0 Å². The zero-order chi connectivity index (χ0) is 11.3. The normalized spacial score (nSPS) is 9.40. The molecule has 0 saturated heterocycles. The van der Waals surface area contributed by atoms with Crippen molar-refractivity contribution in [1.82, 2.24) is 0 Å². The highest BCUT2D eigenvalue weighted by molar-refractivity contribution is 6.25. The van der Waals surface area contributed by atoms with Crippen molar-refractivity contribution in [2.24, 2.45) is 0 Å². The van der Waals surface area contributed by atoms with Gasteiger partial charge in [-0.05, 0) is 24.1 Å². The molecule has 0 radical (unpaired) electrons. The van der Waals surface area contributed by atoms with E-state index < -0.39 is 9.17 Å². The van der Waals surface area contributed by atoms with Crippen LogP contribution in [0.5, 0.6) is 11.5 Å². The Morgan fingerprint density at radius 2 is 2.27 bits per heavy atom. The van der Waals surface area contributed by atoms with E-state index in [9.17, 15) is 4.46 Å². The van der Waals surface area contributed by atoms with Crippen LogP contribution in [0.3, 0.4) is 0 Å². The Hall–Kier alpha value is -1.62. The number of hydrogen-bond donors (Lipinski definition) is 1. The molecule has 0 fully saturated rings. The number of hydrogen-bond acceptors (Lipinski definition) is 3. The fraction of sp³-hybridized carbons (Fsp3) is 0.200. The summed E-state index contributed by atoms with van der Waals surface area (Å²) in [6.07, 6.45) is 2.48. The largest absolute Gasteiger partial charge is 0.770 e. The highest BCUT2D eigenvalue weighted by Crippen LogP contribution is 2.28. The minimum absolute atomic E-state index is 0.275. The van der Waals surface area contributed by atoms with Crippen LogP contribution in [-0.4, -0.2) is 21.1 Å². The molecule has 0 aliphatic heterocycles. The number of rotatable bonds is 5. The Labute approximate surface area is 89.7 Å². The summed E-state index contributed by atoms with van der Waals surface area (Å²) in [6.45, 7) is 3.63. The third-order valence-corrected chi connectivity index (χ3v) is 2.20. The Morgan fingerprint density at radius 1 is 1.53 bits per heavy atom. The molecule has 1 N–H and O–H groups in total. The van der Waals surface area contributed by atoms with Crippen molar-refractivity contribution in [3.8, 4) is 11.5 Å². The average molecular weight is 224 g/mol. The van der Waals surface area contributed by atoms with E-state index in [-0.39, 0.29) is 5.75 Å². The summed E-state index contributed by atoms with van der Waals surface area (Å²) in [6, 6.07) is 5.16. The molecule has 4 nitrogen and oxygen atoms in total. The Kier molecular flexibility index (Phi) is 4.05. The predicted octanol–water partition coefficient (Wildman–Crippen LogP) is 1.21. The van der Waals surface area contributed by atoms with Gasteiger partial charge in [0, 0.05) is 0 Å². The molecule has 0 amide bonds. The number of ether oxygens (including phenoxy) is 1. The molecule has 1 aromatic rings. The van der Waals surface area contributed by atoms with Crippen molar-refractivity contribution in [2.45, 2.75) is 6.42 Å². The van der Waals surface area contributed by atoms with Crippen LogP contribution in [0.25, 0.3) is 0 Å². The molecule has 0 aliphatic rings. The van der Waals surface area contributed by atoms with Crippen LogP contribution in [0, 0.1) is 0 Å². The first-order chi connectivity index (χ1) is 7.17. The fourth-order valence-corrected chi connectivity index (χ4v) is 1.54. The number of allylic oxidation sites excluding steroid dienone is 1. The number of benzene rings is 1. The molecule has 0 aromatic heterocycles. The van der Waals surface area contributed by atoms with Gasteiger partial charge in [0.1, 0.15) is 0 Å². The van der Waals surface area contributed by atoms with E-state index >= 15 is 0 Å². The summed E-state index contributed by atoms with van der Waals surface area (Å²) in [5, 5.41) is 0. The smallest absolute Gasteiger partial charge is 0.511 e. The molecule has 0 heterocycles. The summed E-state index contributed by atoms with van der Waals surface area (Å²) in [7, 11) is -1.51. The van der Waals surface area contributed by atoms with Crippen molar-refractivity contribution in [3.05, 3.63) is 36.4 Å². The Bertz CT molecular complexity index is 376. The van der Waals surface area contributed by atoms with Crippen LogP contribution in [0.1, 0.15) is 5.56 Å². The lowest BCUT2D eigenvalue weighted by Gasteiger charge is -2.08. The van der Waals surface area contributed by atoms with E-state index in [4.69, 9.17) is 14.0 Å². The van der Waals surface area contributed by atoms with Crippen LogP contribution in [0.4, 0.5) is 0 Å². The van der Waals surface area contributed by atoms with Gasteiger partial charge >= 0.3 is 9.17 Å². The van der Waals surface area contributed by atoms with Crippen molar-refractivity contribution in [2.75, 3.05) is 7.11 Å². The minimum Gasteiger partial charge on any atom is -0.511 e. The second-order valence-electron chi connectivity index (χ2n) is 2.85. The first-order valence-corrected chi connectivity index (χ1v) is 5.62. The first-order valence-electron chi connectivity index (χ1n) is 4.36. The van der Waals surface area contributed by atoms with Crippen LogP contribution < -0.4 is 9.16 Å². The molecule has 5 heteroatoms.